The summed E-state index contributed by atoms with van der Waals surface area (Å²) in [7, 11) is 0. The standard InChI is InChI=1S/C22H20ClN5O/c23-20-3-1-2-4-21(20)28-16-19(14-25-28)22(29)27-11-9-26(10-12-27)15-18-7-5-17(13-24)6-8-18/h1-8,14,16H,9-12,15H2. The minimum atomic E-state index is -0.0127. The molecule has 0 aliphatic carbocycles. The number of nitriles is 1. The van der Waals surface area contributed by atoms with Crippen LogP contribution in [-0.4, -0.2) is 51.7 Å². The van der Waals surface area contributed by atoms with Crippen molar-refractivity contribution in [2.75, 3.05) is 26.2 Å². The van der Waals surface area contributed by atoms with E-state index in [1.54, 1.807) is 23.1 Å². The van der Waals surface area contributed by atoms with Gasteiger partial charge in [-0.15, -0.1) is 0 Å². The maximum atomic E-state index is 12.9. The highest BCUT2D eigenvalue weighted by Gasteiger charge is 2.23. The van der Waals surface area contributed by atoms with Gasteiger partial charge in [0.15, 0.2) is 0 Å². The predicted molar refractivity (Wildman–Crippen MR) is 111 cm³/mol. The zero-order chi connectivity index (χ0) is 20.2. The van der Waals surface area contributed by atoms with E-state index in [-0.39, 0.29) is 5.91 Å². The smallest absolute Gasteiger partial charge is 0.257 e. The van der Waals surface area contributed by atoms with Gasteiger partial charge < -0.3 is 4.90 Å². The Kier molecular flexibility index (Phi) is 5.61. The van der Waals surface area contributed by atoms with Gasteiger partial charge in [-0.1, -0.05) is 35.9 Å². The highest BCUT2D eigenvalue weighted by molar-refractivity contribution is 6.32. The van der Waals surface area contributed by atoms with E-state index in [1.165, 1.54) is 5.56 Å². The number of para-hydroxylation sites is 1. The molecule has 3 aromatic rings. The third-order valence-corrected chi connectivity index (χ3v) is 5.40. The molecule has 146 valence electrons. The monoisotopic (exact) mass is 405 g/mol. The second-order valence-electron chi connectivity index (χ2n) is 7.00. The molecule has 7 heteroatoms. The number of halogens is 1. The average molecular weight is 406 g/mol. The number of carbonyl (C=O) groups excluding carboxylic acids is 1. The molecule has 1 fully saturated rings. The van der Waals surface area contributed by atoms with Gasteiger partial charge in [0, 0.05) is 38.9 Å². The van der Waals surface area contributed by atoms with Crippen LogP contribution >= 0.6 is 11.6 Å². The molecule has 0 radical (unpaired) electrons. The summed E-state index contributed by atoms with van der Waals surface area (Å²) in [6.07, 6.45) is 3.32. The van der Waals surface area contributed by atoms with Crippen molar-refractivity contribution in [3.8, 4) is 11.8 Å². The molecule has 1 saturated heterocycles. The molecule has 6 nitrogen and oxygen atoms in total. The molecule has 0 bridgehead atoms. The van der Waals surface area contributed by atoms with Crippen molar-refractivity contribution in [3.63, 3.8) is 0 Å². The summed E-state index contributed by atoms with van der Waals surface area (Å²) in [5.41, 5.74) is 3.15. The van der Waals surface area contributed by atoms with Crippen LogP contribution in [0.4, 0.5) is 0 Å². The van der Waals surface area contributed by atoms with Crippen LogP contribution in [-0.2, 0) is 6.54 Å². The molecule has 0 atom stereocenters. The number of rotatable bonds is 4. The van der Waals surface area contributed by atoms with E-state index in [0.717, 1.165) is 25.3 Å². The van der Waals surface area contributed by atoms with Gasteiger partial charge in [0.1, 0.15) is 0 Å². The first kappa shape index (κ1) is 19.2. The highest BCUT2D eigenvalue weighted by Crippen LogP contribution is 2.20. The normalized spacial score (nSPS) is 14.6. The van der Waals surface area contributed by atoms with E-state index in [4.69, 9.17) is 16.9 Å². The Labute approximate surface area is 174 Å². The van der Waals surface area contributed by atoms with Crippen LogP contribution in [0.3, 0.4) is 0 Å². The molecule has 1 aliphatic heterocycles. The molecule has 1 aliphatic rings. The number of hydrogen-bond acceptors (Lipinski definition) is 4. The Morgan fingerprint density at radius 2 is 1.79 bits per heavy atom. The quantitative estimate of drug-likeness (QED) is 0.667. The summed E-state index contributed by atoms with van der Waals surface area (Å²) in [4.78, 5) is 17.0. The second kappa shape index (κ2) is 8.48. The molecule has 1 aromatic heterocycles. The lowest BCUT2D eigenvalue weighted by molar-refractivity contribution is 0.0628. The predicted octanol–water partition coefficient (Wildman–Crippen LogP) is 3.36. The van der Waals surface area contributed by atoms with Crippen molar-refractivity contribution in [1.82, 2.24) is 19.6 Å². The number of hydrogen-bond donors (Lipinski definition) is 0. The first-order valence-corrected chi connectivity index (χ1v) is 9.82. The van der Waals surface area contributed by atoms with E-state index >= 15 is 0 Å². The van der Waals surface area contributed by atoms with E-state index in [2.05, 4.69) is 16.1 Å². The summed E-state index contributed by atoms with van der Waals surface area (Å²) in [6.45, 7) is 3.78. The fourth-order valence-electron chi connectivity index (χ4n) is 3.44. The Balaban J connectivity index is 1.35. The third kappa shape index (κ3) is 4.32. The lowest BCUT2D eigenvalue weighted by Gasteiger charge is -2.34. The number of amides is 1. The number of piperazine rings is 1. The van der Waals surface area contributed by atoms with Gasteiger partial charge in [-0.3, -0.25) is 9.69 Å². The van der Waals surface area contributed by atoms with Crippen molar-refractivity contribution in [3.05, 3.63) is 82.6 Å². The van der Waals surface area contributed by atoms with Gasteiger partial charge in [0.25, 0.3) is 5.91 Å². The lowest BCUT2D eigenvalue weighted by atomic mass is 10.1. The first-order valence-electron chi connectivity index (χ1n) is 9.44. The molecule has 2 heterocycles. The van der Waals surface area contributed by atoms with Crippen LogP contribution in [0.5, 0.6) is 0 Å². The number of aromatic nitrogens is 2. The molecule has 0 unspecified atom stereocenters. The summed E-state index contributed by atoms with van der Waals surface area (Å²) >= 11 is 6.22. The fraction of sp³-hybridized carbons (Fsp3) is 0.227. The first-order chi connectivity index (χ1) is 14.1. The van der Waals surface area contributed by atoms with Crippen molar-refractivity contribution in [2.24, 2.45) is 0 Å². The zero-order valence-corrected chi connectivity index (χ0v) is 16.6. The Hall–Kier alpha value is -3.14. The molecule has 0 saturated carbocycles. The minimum absolute atomic E-state index is 0.0127. The van der Waals surface area contributed by atoms with E-state index < -0.39 is 0 Å². The SMILES string of the molecule is N#Cc1ccc(CN2CCN(C(=O)c3cnn(-c4ccccc4Cl)c3)CC2)cc1. The van der Waals surface area contributed by atoms with Crippen molar-refractivity contribution < 1.29 is 4.79 Å². The summed E-state index contributed by atoms with van der Waals surface area (Å²) < 4.78 is 1.64. The lowest BCUT2D eigenvalue weighted by Crippen LogP contribution is -2.48. The Morgan fingerprint density at radius 3 is 2.48 bits per heavy atom. The van der Waals surface area contributed by atoms with Crippen LogP contribution in [0.2, 0.25) is 5.02 Å². The Bertz CT molecular complexity index is 1050. The van der Waals surface area contributed by atoms with Crippen LogP contribution in [0, 0.1) is 11.3 Å². The summed E-state index contributed by atoms with van der Waals surface area (Å²) in [5.74, 6) is -0.0127. The van der Waals surface area contributed by atoms with E-state index in [9.17, 15) is 4.79 Å². The zero-order valence-electron chi connectivity index (χ0n) is 15.8. The maximum Gasteiger partial charge on any atom is 0.257 e. The van der Waals surface area contributed by atoms with Crippen LogP contribution in [0.1, 0.15) is 21.5 Å². The molecular weight excluding hydrogens is 386 g/mol. The van der Waals surface area contributed by atoms with Gasteiger partial charge in [0.2, 0.25) is 0 Å². The van der Waals surface area contributed by atoms with Crippen LogP contribution in [0.15, 0.2) is 60.9 Å². The van der Waals surface area contributed by atoms with E-state index in [1.807, 2.05) is 47.4 Å². The average Bonchev–Trinajstić information content (AvgIpc) is 3.25. The molecular formula is C22H20ClN5O. The van der Waals surface area contributed by atoms with E-state index in [0.29, 0.717) is 29.2 Å². The Morgan fingerprint density at radius 1 is 1.07 bits per heavy atom. The molecule has 0 N–H and O–H groups in total. The number of benzene rings is 2. The van der Waals surface area contributed by atoms with Crippen molar-refractivity contribution in [1.29, 1.82) is 5.26 Å². The van der Waals surface area contributed by atoms with Gasteiger partial charge in [-0.25, -0.2) is 4.68 Å². The van der Waals surface area contributed by atoms with Crippen molar-refractivity contribution >= 4 is 17.5 Å². The summed E-state index contributed by atoms with van der Waals surface area (Å²) in [5, 5.41) is 13.8. The maximum absolute atomic E-state index is 12.9. The largest absolute Gasteiger partial charge is 0.336 e. The molecule has 29 heavy (non-hydrogen) atoms. The van der Waals surface area contributed by atoms with Gasteiger partial charge >= 0.3 is 0 Å². The van der Waals surface area contributed by atoms with Crippen LogP contribution in [0.25, 0.3) is 5.69 Å². The topological polar surface area (TPSA) is 65.2 Å². The highest BCUT2D eigenvalue weighted by atomic mass is 35.5. The number of nitrogens with zero attached hydrogens (tertiary/aromatic N) is 5. The van der Waals surface area contributed by atoms with Gasteiger partial charge in [-0.05, 0) is 29.8 Å². The van der Waals surface area contributed by atoms with Crippen molar-refractivity contribution in [2.45, 2.75) is 6.54 Å². The third-order valence-electron chi connectivity index (χ3n) is 5.08. The minimum Gasteiger partial charge on any atom is -0.336 e. The molecule has 0 spiro atoms. The van der Waals surface area contributed by atoms with Crippen LogP contribution < -0.4 is 0 Å². The van der Waals surface area contributed by atoms with Gasteiger partial charge in [0.05, 0.1) is 34.1 Å². The molecule has 4 rings (SSSR count). The fourth-order valence-corrected chi connectivity index (χ4v) is 3.66. The second-order valence-corrected chi connectivity index (χ2v) is 7.41. The van der Waals surface area contributed by atoms with Gasteiger partial charge in [-0.2, -0.15) is 10.4 Å². The molecule has 2 aromatic carbocycles. The number of carbonyl (C=O) groups is 1. The molecule has 1 amide bonds. The summed E-state index contributed by atoms with van der Waals surface area (Å²) in [6, 6.07) is 17.2.